The number of nitrogens with zero attached hydrogens (tertiary/aromatic N) is 1. The molecule has 2 heteroatoms. The van der Waals surface area contributed by atoms with E-state index in [1.807, 2.05) is 13.8 Å². The molecular formula is C9H17NO. The van der Waals surface area contributed by atoms with Gasteiger partial charge in [-0.25, -0.2) is 0 Å². The van der Waals surface area contributed by atoms with Crippen LogP contribution in [0.5, 0.6) is 0 Å². The van der Waals surface area contributed by atoms with Gasteiger partial charge in [0.15, 0.2) is 0 Å². The highest BCUT2D eigenvalue weighted by molar-refractivity contribution is 5.76. The number of amides is 1. The van der Waals surface area contributed by atoms with Gasteiger partial charge in [-0.3, -0.25) is 4.79 Å². The van der Waals surface area contributed by atoms with Gasteiger partial charge < -0.3 is 4.90 Å². The van der Waals surface area contributed by atoms with Crippen molar-refractivity contribution >= 4 is 5.91 Å². The number of rotatable bonds is 3. The molecule has 64 valence electrons. The van der Waals surface area contributed by atoms with E-state index >= 15 is 0 Å². The van der Waals surface area contributed by atoms with Crippen LogP contribution in [-0.4, -0.2) is 24.9 Å². The van der Waals surface area contributed by atoms with Crippen molar-refractivity contribution in [3.63, 3.8) is 0 Å². The highest BCUT2D eigenvalue weighted by Gasteiger charge is 2.10. The molecule has 0 fully saturated rings. The summed E-state index contributed by atoms with van der Waals surface area (Å²) in [5.74, 6) is 0.463. The molecule has 0 aromatic carbocycles. The Balaban J connectivity index is 3.85. The minimum Gasteiger partial charge on any atom is -0.349 e. The minimum atomic E-state index is 0.167. The average Bonchev–Trinajstić information content (AvgIpc) is 1.87. The zero-order chi connectivity index (χ0) is 9.02. The molecule has 0 aliphatic rings. The molecule has 0 aliphatic carbocycles. The van der Waals surface area contributed by atoms with E-state index in [1.165, 1.54) is 0 Å². The van der Waals surface area contributed by atoms with Crippen LogP contribution in [0.25, 0.3) is 0 Å². The van der Waals surface area contributed by atoms with E-state index in [4.69, 9.17) is 0 Å². The summed E-state index contributed by atoms with van der Waals surface area (Å²) in [6, 6.07) is 0. The Morgan fingerprint density at radius 1 is 1.55 bits per heavy atom. The smallest absolute Gasteiger partial charge is 0.222 e. The second-order valence-corrected chi connectivity index (χ2v) is 3.24. The van der Waals surface area contributed by atoms with Crippen LogP contribution in [0.1, 0.15) is 20.3 Å². The molecule has 11 heavy (non-hydrogen) atoms. The van der Waals surface area contributed by atoms with Crippen LogP contribution in [0.15, 0.2) is 12.2 Å². The topological polar surface area (TPSA) is 20.3 Å². The maximum Gasteiger partial charge on any atom is 0.222 e. The molecule has 0 rings (SSSR count). The van der Waals surface area contributed by atoms with Gasteiger partial charge in [0.2, 0.25) is 5.91 Å². The molecule has 1 atom stereocenters. The third-order valence-corrected chi connectivity index (χ3v) is 1.82. The van der Waals surface area contributed by atoms with Gasteiger partial charge in [-0.1, -0.05) is 19.1 Å². The van der Waals surface area contributed by atoms with Crippen molar-refractivity contribution in [2.75, 3.05) is 14.1 Å². The lowest BCUT2D eigenvalue weighted by atomic mass is 10.0. The molecule has 1 amide bonds. The molecule has 0 aliphatic heterocycles. The van der Waals surface area contributed by atoms with Crippen molar-refractivity contribution in [3.8, 4) is 0 Å². The number of hydrogen-bond acceptors (Lipinski definition) is 1. The first-order valence-corrected chi connectivity index (χ1v) is 3.80. The Hall–Kier alpha value is -0.790. The Kier molecular flexibility index (Phi) is 3.86. The van der Waals surface area contributed by atoms with Crippen molar-refractivity contribution in [1.29, 1.82) is 0 Å². The molecule has 0 unspecified atom stereocenters. The van der Waals surface area contributed by atoms with Crippen LogP contribution in [0.3, 0.4) is 0 Å². The highest BCUT2D eigenvalue weighted by Crippen LogP contribution is 2.12. The van der Waals surface area contributed by atoms with Crippen molar-refractivity contribution in [2.24, 2.45) is 5.92 Å². The van der Waals surface area contributed by atoms with Crippen LogP contribution in [0.2, 0.25) is 0 Å². The Bertz CT molecular complexity index is 161. The van der Waals surface area contributed by atoms with Gasteiger partial charge in [-0.15, -0.1) is 0 Å². The summed E-state index contributed by atoms with van der Waals surface area (Å²) in [7, 11) is 3.54. The molecule has 0 bridgehead atoms. The number of carbonyl (C=O) groups is 1. The highest BCUT2D eigenvalue weighted by atomic mass is 16.2. The van der Waals surface area contributed by atoms with Crippen molar-refractivity contribution < 1.29 is 4.79 Å². The van der Waals surface area contributed by atoms with E-state index in [1.54, 1.807) is 19.0 Å². The first-order chi connectivity index (χ1) is 4.95. The van der Waals surface area contributed by atoms with E-state index in [9.17, 15) is 4.79 Å². The Morgan fingerprint density at radius 3 is 2.27 bits per heavy atom. The molecule has 0 N–H and O–H groups in total. The normalized spacial score (nSPS) is 12.4. The van der Waals surface area contributed by atoms with Crippen LogP contribution >= 0.6 is 0 Å². The van der Waals surface area contributed by atoms with E-state index in [0.29, 0.717) is 12.3 Å². The van der Waals surface area contributed by atoms with Gasteiger partial charge >= 0.3 is 0 Å². The molecule has 0 saturated carbocycles. The summed E-state index contributed by atoms with van der Waals surface area (Å²) in [6.07, 6.45) is 0.572. The lowest BCUT2D eigenvalue weighted by Crippen LogP contribution is -2.23. The van der Waals surface area contributed by atoms with E-state index in [2.05, 4.69) is 6.58 Å². The fourth-order valence-corrected chi connectivity index (χ4v) is 0.619. The second kappa shape index (κ2) is 4.16. The molecule has 0 aromatic heterocycles. The molecule has 0 radical (unpaired) electrons. The van der Waals surface area contributed by atoms with Crippen LogP contribution in [-0.2, 0) is 4.79 Å². The largest absolute Gasteiger partial charge is 0.349 e. The van der Waals surface area contributed by atoms with Gasteiger partial charge in [0.1, 0.15) is 0 Å². The lowest BCUT2D eigenvalue weighted by Gasteiger charge is -2.14. The van der Waals surface area contributed by atoms with Crippen LogP contribution in [0, 0.1) is 5.92 Å². The third kappa shape index (κ3) is 3.81. The fraction of sp³-hybridized carbons (Fsp3) is 0.667. The van der Waals surface area contributed by atoms with Crippen molar-refractivity contribution in [1.82, 2.24) is 4.90 Å². The molecule has 0 heterocycles. The van der Waals surface area contributed by atoms with Gasteiger partial charge in [0, 0.05) is 20.5 Å². The number of carbonyl (C=O) groups excluding carboxylic acids is 1. The predicted octanol–water partition coefficient (Wildman–Crippen LogP) is 1.68. The quantitative estimate of drug-likeness (QED) is 0.568. The minimum absolute atomic E-state index is 0.167. The Labute approximate surface area is 68.9 Å². The summed E-state index contributed by atoms with van der Waals surface area (Å²) >= 11 is 0. The SMILES string of the molecule is C=C(C)[C@@H](C)CC(=O)N(C)C. The first kappa shape index (κ1) is 10.2. The second-order valence-electron chi connectivity index (χ2n) is 3.24. The van der Waals surface area contributed by atoms with E-state index < -0.39 is 0 Å². The van der Waals surface area contributed by atoms with Gasteiger partial charge in [0.05, 0.1) is 0 Å². The summed E-state index contributed by atoms with van der Waals surface area (Å²) in [6.45, 7) is 7.77. The van der Waals surface area contributed by atoms with Crippen LogP contribution < -0.4 is 0 Å². The standard InChI is InChI=1S/C9H17NO/c1-7(2)8(3)6-9(11)10(4)5/h8H,1,6H2,2-5H3/t8-/m0/s1. The van der Waals surface area contributed by atoms with Gasteiger partial charge in [-0.2, -0.15) is 0 Å². The molecule has 2 nitrogen and oxygen atoms in total. The summed E-state index contributed by atoms with van der Waals surface area (Å²) in [5, 5.41) is 0. The third-order valence-electron chi connectivity index (χ3n) is 1.82. The number of hydrogen-bond donors (Lipinski definition) is 0. The zero-order valence-corrected chi connectivity index (χ0v) is 7.85. The van der Waals surface area contributed by atoms with Crippen molar-refractivity contribution in [3.05, 3.63) is 12.2 Å². The molecular weight excluding hydrogens is 138 g/mol. The van der Waals surface area contributed by atoms with E-state index in [-0.39, 0.29) is 5.91 Å². The van der Waals surface area contributed by atoms with Gasteiger partial charge in [-0.05, 0) is 12.8 Å². The predicted molar refractivity (Wildman–Crippen MR) is 47.3 cm³/mol. The van der Waals surface area contributed by atoms with Crippen molar-refractivity contribution in [2.45, 2.75) is 20.3 Å². The zero-order valence-electron chi connectivity index (χ0n) is 7.85. The monoisotopic (exact) mass is 155 g/mol. The summed E-state index contributed by atoms with van der Waals surface area (Å²) in [4.78, 5) is 12.8. The first-order valence-electron chi connectivity index (χ1n) is 3.80. The Morgan fingerprint density at radius 2 is 2.00 bits per heavy atom. The fourth-order valence-electron chi connectivity index (χ4n) is 0.619. The van der Waals surface area contributed by atoms with Gasteiger partial charge in [0.25, 0.3) is 0 Å². The number of allylic oxidation sites excluding steroid dienone is 1. The summed E-state index contributed by atoms with van der Waals surface area (Å²) in [5.41, 5.74) is 1.07. The molecule has 0 spiro atoms. The lowest BCUT2D eigenvalue weighted by molar-refractivity contribution is -0.129. The summed E-state index contributed by atoms with van der Waals surface area (Å²) < 4.78 is 0. The molecule has 0 saturated heterocycles. The maximum absolute atomic E-state index is 11.1. The van der Waals surface area contributed by atoms with E-state index in [0.717, 1.165) is 5.57 Å². The molecule has 0 aromatic rings. The maximum atomic E-state index is 11.1. The van der Waals surface area contributed by atoms with Crippen LogP contribution in [0.4, 0.5) is 0 Å². The average molecular weight is 155 g/mol.